The number of halogens is 2. The van der Waals surface area contributed by atoms with Gasteiger partial charge >= 0.3 is 5.97 Å². The molecule has 57 heavy (non-hydrogen) atoms. The summed E-state index contributed by atoms with van der Waals surface area (Å²) in [7, 11) is 1.57. The molecule has 6 aliphatic rings. The summed E-state index contributed by atoms with van der Waals surface area (Å²) in [4.78, 5) is 51.2. The number of hydrogen-bond acceptors (Lipinski definition) is 13. The highest BCUT2D eigenvalue weighted by atomic mass is 35.5. The number of piperazine rings is 1. The quantitative estimate of drug-likeness (QED) is 0.119. The summed E-state index contributed by atoms with van der Waals surface area (Å²) in [6, 6.07) is 7.97. The van der Waals surface area contributed by atoms with Crippen LogP contribution in [0.5, 0.6) is 11.5 Å². The molecule has 8 unspecified atom stereocenters. The maximum atomic E-state index is 13.7. The van der Waals surface area contributed by atoms with Crippen LogP contribution in [0.1, 0.15) is 65.7 Å². The van der Waals surface area contributed by atoms with Crippen molar-refractivity contribution in [3.63, 3.8) is 0 Å². The summed E-state index contributed by atoms with van der Waals surface area (Å²) >= 11 is 5.98. The predicted molar refractivity (Wildman–Crippen MR) is 206 cm³/mol. The van der Waals surface area contributed by atoms with Crippen molar-refractivity contribution in [2.45, 2.75) is 89.7 Å². The number of aromatic nitrogens is 2. The average Bonchev–Trinajstić information content (AvgIpc) is 3.44. The third-order valence-electron chi connectivity index (χ3n) is 12.6. The molecule has 1 spiro atoms. The lowest BCUT2D eigenvalue weighted by Crippen LogP contribution is -2.70. The zero-order valence-corrected chi connectivity index (χ0v) is 33.6. The largest absolute Gasteiger partial charge is 0.493 e. The van der Waals surface area contributed by atoms with Crippen molar-refractivity contribution in [1.29, 1.82) is 0 Å². The van der Waals surface area contributed by atoms with Crippen LogP contribution in [0, 0.1) is 29.5 Å². The average molecular weight is 812 g/mol. The van der Waals surface area contributed by atoms with E-state index in [2.05, 4.69) is 27.1 Å². The molecule has 5 aliphatic heterocycles. The van der Waals surface area contributed by atoms with Crippen molar-refractivity contribution in [3.05, 3.63) is 47.5 Å². The Morgan fingerprint density at radius 1 is 1.02 bits per heavy atom. The molecule has 1 N–H and O–H groups in total. The van der Waals surface area contributed by atoms with Gasteiger partial charge in [0.2, 0.25) is 18.0 Å². The van der Waals surface area contributed by atoms with E-state index in [0.29, 0.717) is 65.9 Å². The van der Waals surface area contributed by atoms with Gasteiger partial charge in [0.05, 0.1) is 30.7 Å². The van der Waals surface area contributed by atoms with Gasteiger partial charge in [-0.05, 0) is 68.7 Å². The molecular formula is C41H51ClFN5O9. The van der Waals surface area contributed by atoms with Crippen LogP contribution in [-0.2, 0) is 33.6 Å². The molecule has 1 amide bonds. The Bertz CT molecular complexity index is 1970. The van der Waals surface area contributed by atoms with Gasteiger partial charge in [-0.15, -0.1) is 0 Å². The van der Waals surface area contributed by atoms with E-state index < -0.39 is 35.8 Å². The van der Waals surface area contributed by atoms with Gasteiger partial charge in [-0.25, -0.2) is 24.1 Å². The number of methoxy groups -OCH3 is 1. The number of esters is 1. The zero-order chi connectivity index (χ0) is 39.9. The molecule has 1 aromatic heterocycles. The number of carbonyl (C=O) groups excluding carboxylic acids is 2. The highest BCUT2D eigenvalue weighted by molar-refractivity contribution is 6.31. The molecule has 14 nitrogen and oxygen atoms in total. The number of hydrogen-bond donors (Lipinski definition) is 1. The van der Waals surface area contributed by atoms with Gasteiger partial charge in [0.15, 0.2) is 23.4 Å². The van der Waals surface area contributed by atoms with Gasteiger partial charge in [0, 0.05) is 74.5 Å². The number of benzene rings is 2. The summed E-state index contributed by atoms with van der Waals surface area (Å²) in [5.74, 6) is 0.236. The van der Waals surface area contributed by atoms with Crippen LogP contribution in [-0.4, -0.2) is 102 Å². The maximum absolute atomic E-state index is 13.7. The Labute approximate surface area is 336 Å². The lowest BCUT2D eigenvalue weighted by Gasteiger charge is -2.59. The summed E-state index contributed by atoms with van der Waals surface area (Å²) < 4.78 is 44.1. The molecule has 1 aliphatic carbocycles. The second kappa shape index (κ2) is 16.4. The van der Waals surface area contributed by atoms with Crippen molar-refractivity contribution in [2.24, 2.45) is 23.7 Å². The minimum Gasteiger partial charge on any atom is -0.493 e. The van der Waals surface area contributed by atoms with Crippen LogP contribution in [0.3, 0.4) is 0 Å². The topological polar surface area (TPSA) is 143 Å². The molecule has 308 valence electrons. The lowest BCUT2D eigenvalue weighted by atomic mass is 9.58. The van der Waals surface area contributed by atoms with Crippen molar-refractivity contribution in [3.8, 4) is 11.5 Å². The molecule has 3 aromatic rings. The first-order valence-corrected chi connectivity index (χ1v) is 20.4. The van der Waals surface area contributed by atoms with E-state index in [0.717, 1.165) is 45.3 Å². The first kappa shape index (κ1) is 39.9. The third-order valence-corrected chi connectivity index (χ3v) is 12.9. The van der Waals surface area contributed by atoms with Gasteiger partial charge in [-0.1, -0.05) is 25.4 Å². The molecule has 2 aromatic carbocycles. The number of nitrogens with zero attached hydrogens (tertiary/aromatic N) is 4. The molecule has 5 saturated heterocycles. The van der Waals surface area contributed by atoms with E-state index in [1.54, 1.807) is 19.2 Å². The fourth-order valence-electron chi connectivity index (χ4n) is 9.40. The van der Waals surface area contributed by atoms with Crippen LogP contribution >= 0.6 is 11.6 Å². The first-order chi connectivity index (χ1) is 27.5. The van der Waals surface area contributed by atoms with E-state index in [-0.39, 0.29) is 41.5 Å². The van der Waals surface area contributed by atoms with Crippen molar-refractivity contribution in [1.82, 2.24) is 19.8 Å². The van der Waals surface area contributed by atoms with Gasteiger partial charge in [0.1, 0.15) is 18.0 Å². The van der Waals surface area contributed by atoms with E-state index in [9.17, 15) is 14.0 Å². The number of fused-ring (bicyclic) bond motifs is 3. The Balaban J connectivity index is 0.782. The highest BCUT2D eigenvalue weighted by Gasteiger charge is 2.69. The molecule has 6 heterocycles. The molecule has 9 rings (SSSR count). The number of carbonyl (C=O) groups is 2. The summed E-state index contributed by atoms with van der Waals surface area (Å²) in [6.07, 6.45) is 4.33. The lowest BCUT2D eigenvalue weighted by molar-refractivity contribution is -0.576. The van der Waals surface area contributed by atoms with E-state index in [4.69, 9.17) is 45.1 Å². The highest BCUT2D eigenvalue weighted by Crippen LogP contribution is 2.60. The molecule has 1 saturated carbocycles. The van der Waals surface area contributed by atoms with Crippen molar-refractivity contribution < 1.29 is 47.4 Å². The molecule has 16 heteroatoms. The molecule has 0 radical (unpaired) electrons. The number of ether oxygens (including phenoxy) is 5. The number of anilines is 2. The smallest absolute Gasteiger partial charge is 0.308 e. The van der Waals surface area contributed by atoms with Crippen LogP contribution in [0.25, 0.3) is 10.9 Å². The van der Waals surface area contributed by atoms with E-state index >= 15 is 0 Å². The fraction of sp³-hybridized carbons (Fsp3) is 0.610. The third kappa shape index (κ3) is 7.98. The molecular weight excluding hydrogens is 761 g/mol. The standard InChI is InChI=1S/C41H51ClFN5O9/c1-24-6-8-29-25(2)38(54-39-41(29)28(24)12-13-40(3,55-39)56-57-41)53-36(50)11-10-35(49)48-17-15-47(16-18-48)14-5-19-52-34-21-27-32(22-33(34)51-4)44-23-45-37(27)46-26-7-9-31(43)30(42)20-26/h7,9,20-25,28-29,38-39H,5-6,8,10-19H2,1-4H3,(H,44,45,46). The van der Waals surface area contributed by atoms with Gasteiger partial charge < -0.3 is 33.9 Å². The summed E-state index contributed by atoms with van der Waals surface area (Å²) in [5, 5.41) is 3.89. The fourth-order valence-corrected chi connectivity index (χ4v) is 9.58. The summed E-state index contributed by atoms with van der Waals surface area (Å²) in [6.45, 7) is 9.98. The molecule has 8 atom stereocenters. The van der Waals surface area contributed by atoms with Crippen molar-refractivity contribution in [2.75, 3.05) is 51.8 Å². The zero-order valence-electron chi connectivity index (χ0n) is 32.8. The van der Waals surface area contributed by atoms with Gasteiger partial charge in [-0.2, -0.15) is 0 Å². The van der Waals surface area contributed by atoms with Crippen LogP contribution < -0.4 is 14.8 Å². The Morgan fingerprint density at radius 3 is 2.63 bits per heavy atom. The van der Waals surface area contributed by atoms with Crippen LogP contribution in [0.2, 0.25) is 5.02 Å². The Kier molecular flexibility index (Phi) is 11.5. The maximum Gasteiger partial charge on any atom is 0.308 e. The number of rotatable bonds is 12. The monoisotopic (exact) mass is 811 g/mol. The van der Waals surface area contributed by atoms with Gasteiger partial charge in [-0.3, -0.25) is 14.5 Å². The van der Waals surface area contributed by atoms with Gasteiger partial charge in [0.25, 0.3) is 0 Å². The predicted octanol–water partition coefficient (Wildman–Crippen LogP) is 6.62. The second-order valence-corrected chi connectivity index (χ2v) is 16.6. The Morgan fingerprint density at radius 2 is 1.84 bits per heavy atom. The normalized spacial score (nSPS) is 31.0. The SMILES string of the molecule is COc1cc2ncnc(Nc3ccc(F)c(Cl)c3)c2cc1OCCCN1CCN(C(=O)CCC(=O)OC2OC3OC4(C)CCC5C(C)CCC(C2C)C35OO4)CC1. The van der Waals surface area contributed by atoms with Crippen LogP contribution in [0.15, 0.2) is 36.7 Å². The Hall–Kier alpha value is -3.86. The number of nitrogens with one attached hydrogen (secondary N) is 1. The first-order valence-electron chi connectivity index (χ1n) is 20.0. The molecule has 2 bridgehead atoms. The van der Waals surface area contributed by atoms with E-state index in [1.807, 2.05) is 24.8 Å². The summed E-state index contributed by atoms with van der Waals surface area (Å²) in [5.41, 5.74) is 0.499. The minimum absolute atomic E-state index is 0.00313. The van der Waals surface area contributed by atoms with Crippen LogP contribution in [0.4, 0.5) is 15.9 Å². The van der Waals surface area contributed by atoms with E-state index in [1.165, 1.54) is 18.5 Å². The van der Waals surface area contributed by atoms with Crippen molar-refractivity contribution >= 4 is 45.9 Å². The second-order valence-electron chi connectivity index (χ2n) is 16.2. The molecule has 6 fully saturated rings. The number of amides is 1. The minimum atomic E-state index is -0.909.